The molecule has 1 aliphatic heterocycles. The van der Waals surface area contributed by atoms with Crippen LogP contribution in [0.15, 0.2) is 16.7 Å². The van der Waals surface area contributed by atoms with Gasteiger partial charge in [0.15, 0.2) is 12.0 Å². The molecule has 23 heavy (non-hydrogen) atoms. The zero-order valence-corrected chi connectivity index (χ0v) is 14.3. The van der Waals surface area contributed by atoms with Crippen molar-refractivity contribution in [3.05, 3.63) is 22.6 Å². The summed E-state index contributed by atoms with van der Waals surface area (Å²) in [7, 11) is 1.55. The fourth-order valence-electron chi connectivity index (χ4n) is 3.17. The first-order chi connectivity index (χ1) is 10.9. The van der Waals surface area contributed by atoms with Crippen molar-refractivity contribution in [3.63, 3.8) is 0 Å². The Bertz CT molecular complexity index is 952. The summed E-state index contributed by atoms with van der Waals surface area (Å²) in [6, 6.07) is 1.88. The van der Waals surface area contributed by atoms with Crippen LogP contribution in [0.25, 0.3) is 22.1 Å². The molecule has 0 aliphatic carbocycles. The van der Waals surface area contributed by atoms with Gasteiger partial charge in [-0.1, -0.05) is 0 Å². The van der Waals surface area contributed by atoms with Gasteiger partial charge in [-0.15, -0.1) is 0 Å². The van der Waals surface area contributed by atoms with Crippen LogP contribution in [-0.2, 0) is 23.7 Å². The summed E-state index contributed by atoms with van der Waals surface area (Å²) < 4.78 is 4.61. The third-order valence-corrected chi connectivity index (χ3v) is 4.55. The summed E-state index contributed by atoms with van der Waals surface area (Å²) in [4.78, 5) is 14.0. The predicted octanol–water partition coefficient (Wildman–Crippen LogP) is 0.546. The van der Waals surface area contributed by atoms with Crippen LogP contribution >= 0.6 is 15.9 Å². The zero-order chi connectivity index (χ0) is 16.4. The van der Waals surface area contributed by atoms with Crippen molar-refractivity contribution >= 4 is 43.8 Å². The van der Waals surface area contributed by atoms with Gasteiger partial charge >= 0.3 is 0 Å². The molecule has 4 N–H and O–H groups in total. The number of anilines is 1. The van der Waals surface area contributed by atoms with Crippen LogP contribution in [-0.4, -0.2) is 26.8 Å². The Balaban J connectivity index is 2.16. The number of halogens is 1. The van der Waals surface area contributed by atoms with Gasteiger partial charge in [0.2, 0.25) is 0 Å². The number of rotatable bonds is 3. The van der Waals surface area contributed by atoms with E-state index in [1.165, 1.54) is 0 Å². The molecule has 8 nitrogen and oxygen atoms in total. The van der Waals surface area contributed by atoms with E-state index in [1.807, 2.05) is 21.4 Å². The largest absolute Gasteiger partial charge is 0.382 e. The molecule has 0 aromatic carbocycles. The number of hydroxylamine groups is 1. The highest BCUT2D eigenvalue weighted by molar-refractivity contribution is 9.10. The summed E-state index contributed by atoms with van der Waals surface area (Å²) in [5.74, 6) is 1.11. The van der Waals surface area contributed by atoms with E-state index in [0.717, 1.165) is 21.3 Å². The highest BCUT2D eigenvalue weighted by Gasteiger charge is 2.42. The second-order valence-corrected chi connectivity index (χ2v) is 6.73. The molecule has 0 spiro atoms. The highest BCUT2D eigenvalue weighted by atomic mass is 79.9. The smallest absolute Gasteiger partial charge is 0.285 e. The van der Waals surface area contributed by atoms with Gasteiger partial charge in [0, 0.05) is 6.92 Å². The van der Waals surface area contributed by atoms with E-state index in [9.17, 15) is 5.11 Å². The van der Waals surface area contributed by atoms with Crippen LogP contribution in [0, 0.1) is 0 Å². The highest BCUT2D eigenvalue weighted by Crippen LogP contribution is 2.33. The van der Waals surface area contributed by atoms with E-state index in [2.05, 4.69) is 31.4 Å². The van der Waals surface area contributed by atoms with E-state index in [-0.39, 0.29) is 0 Å². The molecule has 4 heterocycles. The fourth-order valence-corrected chi connectivity index (χ4v) is 3.59. The number of nitrogens with zero attached hydrogens (tertiary/aromatic N) is 4. The lowest BCUT2D eigenvalue weighted by atomic mass is 10.1. The molecule has 9 heteroatoms. The van der Waals surface area contributed by atoms with Crippen LogP contribution in [0.4, 0.5) is 5.82 Å². The molecular weight excluding hydrogens is 364 g/mol. The zero-order valence-electron chi connectivity index (χ0n) is 12.7. The quantitative estimate of drug-likeness (QED) is 0.453. The number of imidazole rings is 1. The van der Waals surface area contributed by atoms with Gasteiger partial charge in [-0.2, -0.15) is 10.0 Å². The number of nitrogens with one attached hydrogen (secondary N) is 1. The first-order valence-corrected chi connectivity index (χ1v) is 7.90. The molecular formula is C14H16BrN6O2+. The Hall–Kier alpha value is -1.81. The second-order valence-electron chi connectivity index (χ2n) is 5.81. The Morgan fingerprint density at radius 2 is 2.35 bits per heavy atom. The maximum absolute atomic E-state index is 10.9. The molecule has 0 saturated heterocycles. The fraction of sp³-hybridized carbons (Fsp3) is 0.357. The van der Waals surface area contributed by atoms with Crippen LogP contribution in [0.5, 0.6) is 0 Å². The van der Waals surface area contributed by atoms with E-state index in [0.29, 0.717) is 29.9 Å². The molecule has 0 fully saturated rings. The first kappa shape index (κ1) is 14.8. The van der Waals surface area contributed by atoms with E-state index in [4.69, 9.17) is 10.6 Å². The van der Waals surface area contributed by atoms with Gasteiger partial charge in [0.1, 0.15) is 28.9 Å². The number of nitrogen functional groups attached to an aromatic ring is 1. The summed E-state index contributed by atoms with van der Waals surface area (Å²) >= 11 is 3.46. The molecule has 120 valence electrons. The van der Waals surface area contributed by atoms with Crippen molar-refractivity contribution in [1.82, 2.24) is 20.0 Å². The van der Waals surface area contributed by atoms with Gasteiger partial charge in [-0.05, 0) is 22.0 Å². The summed E-state index contributed by atoms with van der Waals surface area (Å²) in [6.45, 7) is 2.52. The minimum Gasteiger partial charge on any atom is -0.382 e. The number of hydrogen-bond acceptors (Lipinski definition) is 6. The number of hydrogen-bond donors (Lipinski definition) is 3. The standard InChI is InChI=1S/C14H16BrN6O2/c1-14(22)6-20-9(4-17-23-2)19-10-12(20)11-8(18-13(10)16)3-7(15)5-21(11)14/h3,5,17,22H,4,6H2,1-2H3,(H2,16,18)/q+1. The van der Waals surface area contributed by atoms with Gasteiger partial charge in [0.05, 0.1) is 18.1 Å². The van der Waals surface area contributed by atoms with Gasteiger partial charge in [-0.3, -0.25) is 0 Å². The minimum atomic E-state index is -1.11. The lowest BCUT2D eigenvalue weighted by molar-refractivity contribution is -0.786. The van der Waals surface area contributed by atoms with Crippen LogP contribution in [0.2, 0.25) is 0 Å². The molecule has 0 bridgehead atoms. The maximum atomic E-state index is 10.9. The van der Waals surface area contributed by atoms with Crippen molar-refractivity contribution in [3.8, 4) is 0 Å². The Labute approximate surface area is 140 Å². The average Bonchev–Trinajstić information content (AvgIpc) is 2.83. The van der Waals surface area contributed by atoms with Crippen molar-refractivity contribution in [2.24, 2.45) is 0 Å². The second kappa shape index (κ2) is 4.84. The van der Waals surface area contributed by atoms with Crippen LogP contribution < -0.4 is 15.8 Å². The first-order valence-electron chi connectivity index (χ1n) is 7.10. The number of pyridine rings is 2. The molecule has 4 rings (SSSR count). The summed E-state index contributed by atoms with van der Waals surface area (Å²) in [5.41, 5.74) is 10.8. The Morgan fingerprint density at radius 1 is 1.57 bits per heavy atom. The van der Waals surface area contributed by atoms with Gasteiger partial charge in [-0.25, -0.2) is 9.97 Å². The van der Waals surface area contributed by atoms with Crippen LogP contribution in [0.1, 0.15) is 12.7 Å². The van der Waals surface area contributed by atoms with Crippen molar-refractivity contribution in [2.45, 2.75) is 25.7 Å². The molecule has 3 aromatic rings. The third kappa shape index (κ3) is 2.04. The number of aromatic nitrogens is 4. The summed E-state index contributed by atoms with van der Waals surface area (Å²) in [5, 5.41) is 10.9. The lowest BCUT2D eigenvalue weighted by Gasteiger charge is -2.25. The number of nitrogens with two attached hydrogens (primary N) is 1. The summed E-state index contributed by atoms with van der Waals surface area (Å²) in [6.07, 6.45) is 1.85. The van der Waals surface area contributed by atoms with Crippen molar-refractivity contribution < 1.29 is 14.5 Å². The van der Waals surface area contributed by atoms with Crippen molar-refractivity contribution in [2.75, 3.05) is 12.8 Å². The Kier molecular flexibility index (Phi) is 3.11. The topological polar surface area (TPSA) is 102 Å². The Morgan fingerprint density at radius 3 is 3.09 bits per heavy atom. The SMILES string of the molecule is CONCc1nc2c(N)nc3cc(Br)c[n+]4c3c2n1CC4(C)O. The van der Waals surface area contributed by atoms with E-state index < -0.39 is 5.72 Å². The average molecular weight is 380 g/mol. The van der Waals surface area contributed by atoms with E-state index in [1.54, 1.807) is 14.0 Å². The molecule has 0 radical (unpaired) electrons. The predicted molar refractivity (Wildman–Crippen MR) is 87.1 cm³/mol. The maximum Gasteiger partial charge on any atom is 0.285 e. The molecule has 0 amide bonds. The van der Waals surface area contributed by atoms with Gasteiger partial charge < -0.3 is 20.2 Å². The van der Waals surface area contributed by atoms with Crippen LogP contribution in [0.3, 0.4) is 0 Å². The van der Waals surface area contributed by atoms with Crippen molar-refractivity contribution in [1.29, 1.82) is 0 Å². The number of aliphatic hydroxyl groups is 1. The third-order valence-electron chi connectivity index (χ3n) is 4.12. The van der Waals surface area contributed by atoms with Gasteiger partial charge in [0.25, 0.3) is 11.2 Å². The molecule has 0 saturated carbocycles. The monoisotopic (exact) mass is 379 g/mol. The minimum absolute atomic E-state index is 0.358. The lowest BCUT2D eigenvalue weighted by Crippen LogP contribution is -2.59. The normalized spacial score (nSPS) is 20.0. The molecule has 1 aliphatic rings. The molecule has 1 atom stereocenters. The molecule has 1 unspecified atom stereocenters. The van der Waals surface area contributed by atoms with E-state index >= 15 is 0 Å². The molecule has 3 aromatic heterocycles.